The Bertz CT molecular complexity index is 489. The predicted molar refractivity (Wildman–Crippen MR) is 64.9 cm³/mol. The van der Waals surface area contributed by atoms with Crippen LogP contribution in [0.25, 0.3) is 0 Å². The van der Waals surface area contributed by atoms with Gasteiger partial charge in [-0.25, -0.2) is 4.39 Å². The smallest absolute Gasteiger partial charge is 0.254 e. The Morgan fingerprint density at radius 1 is 1.44 bits per heavy atom. The average Bonchev–Trinajstić information content (AvgIpc) is 2.94. The van der Waals surface area contributed by atoms with Crippen LogP contribution in [0.4, 0.5) is 4.39 Å². The first-order valence-electron chi connectivity index (χ1n) is 6.36. The van der Waals surface area contributed by atoms with Crippen LogP contribution >= 0.6 is 0 Å². The van der Waals surface area contributed by atoms with Crippen LogP contribution < -0.4 is 5.32 Å². The van der Waals surface area contributed by atoms with Crippen molar-refractivity contribution >= 4 is 5.91 Å². The molecular weight excluding hydrogens is 233 g/mol. The van der Waals surface area contributed by atoms with Crippen LogP contribution in [0.2, 0.25) is 0 Å². The Morgan fingerprint density at radius 2 is 2.28 bits per heavy atom. The molecule has 0 spiro atoms. The number of halogens is 1. The molecule has 2 aliphatic heterocycles. The van der Waals surface area contributed by atoms with Crippen LogP contribution in [0.5, 0.6) is 0 Å². The van der Waals surface area contributed by atoms with Crippen molar-refractivity contribution in [3.05, 3.63) is 35.1 Å². The molecule has 2 bridgehead atoms. The Morgan fingerprint density at radius 3 is 2.94 bits per heavy atom. The van der Waals surface area contributed by atoms with E-state index in [1.54, 1.807) is 12.1 Å². The zero-order valence-electron chi connectivity index (χ0n) is 10.3. The van der Waals surface area contributed by atoms with E-state index in [4.69, 9.17) is 4.74 Å². The summed E-state index contributed by atoms with van der Waals surface area (Å²) in [5, 5.41) is 2.89. The van der Waals surface area contributed by atoms with Gasteiger partial charge in [0.1, 0.15) is 5.82 Å². The molecule has 1 aromatic carbocycles. The number of aryl methyl sites for hydroxylation is 1. The molecule has 2 fully saturated rings. The lowest BCUT2D eigenvalue weighted by Gasteiger charge is -2.20. The van der Waals surface area contributed by atoms with Crippen LogP contribution in [0, 0.1) is 12.7 Å². The summed E-state index contributed by atoms with van der Waals surface area (Å²) in [5.74, 6) is -0.806. The van der Waals surface area contributed by atoms with Gasteiger partial charge in [0.15, 0.2) is 0 Å². The van der Waals surface area contributed by atoms with Crippen molar-refractivity contribution in [1.29, 1.82) is 0 Å². The van der Waals surface area contributed by atoms with Crippen molar-refractivity contribution in [2.24, 2.45) is 0 Å². The van der Waals surface area contributed by atoms with Crippen molar-refractivity contribution < 1.29 is 13.9 Å². The molecule has 3 nitrogen and oxygen atoms in total. The van der Waals surface area contributed by atoms with E-state index in [0.29, 0.717) is 0 Å². The normalized spacial score (nSPS) is 29.6. The van der Waals surface area contributed by atoms with Gasteiger partial charge in [-0.2, -0.15) is 0 Å². The molecule has 1 amide bonds. The summed E-state index contributed by atoms with van der Waals surface area (Å²) in [6.07, 6.45) is 3.32. The van der Waals surface area contributed by atoms with E-state index in [1.165, 1.54) is 6.07 Å². The lowest BCUT2D eigenvalue weighted by Crippen LogP contribution is -2.41. The number of rotatable bonds is 2. The van der Waals surface area contributed by atoms with Crippen LogP contribution in [0.3, 0.4) is 0 Å². The fourth-order valence-corrected chi connectivity index (χ4v) is 2.85. The highest BCUT2D eigenvalue weighted by atomic mass is 19.1. The summed E-state index contributed by atoms with van der Waals surface area (Å²) >= 11 is 0. The Hall–Kier alpha value is -1.42. The molecule has 0 radical (unpaired) electrons. The summed E-state index contributed by atoms with van der Waals surface area (Å²) in [6, 6.07) is 4.61. The number of carbonyl (C=O) groups is 1. The van der Waals surface area contributed by atoms with Gasteiger partial charge in [-0.15, -0.1) is 0 Å². The first-order valence-corrected chi connectivity index (χ1v) is 6.36. The first-order chi connectivity index (χ1) is 8.63. The molecule has 1 N–H and O–H groups in total. The molecule has 4 heteroatoms. The van der Waals surface area contributed by atoms with E-state index in [9.17, 15) is 9.18 Å². The molecule has 3 atom stereocenters. The number of benzene rings is 1. The van der Waals surface area contributed by atoms with Crippen molar-refractivity contribution in [2.75, 3.05) is 0 Å². The van der Waals surface area contributed by atoms with Gasteiger partial charge in [0, 0.05) is 0 Å². The maximum absolute atomic E-state index is 13.6. The molecule has 2 saturated heterocycles. The van der Waals surface area contributed by atoms with Gasteiger partial charge >= 0.3 is 0 Å². The van der Waals surface area contributed by atoms with E-state index in [2.05, 4.69) is 5.32 Å². The van der Waals surface area contributed by atoms with Gasteiger partial charge < -0.3 is 10.1 Å². The second-order valence-electron chi connectivity index (χ2n) is 5.17. The summed E-state index contributed by atoms with van der Waals surface area (Å²) in [4.78, 5) is 12.0. The monoisotopic (exact) mass is 249 g/mol. The van der Waals surface area contributed by atoms with E-state index < -0.39 is 5.82 Å². The van der Waals surface area contributed by atoms with Crippen LogP contribution in [-0.4, -0.2) is 24.2 Å². The van der Waals surface area contributed by atoms with Gasteiger partial charge in [-0.1, -0.05) is 11.6 Å². The van der Waals surface area contributed by atoms with E-state index in [1.807, 2.05) is 6.92 Å². The molecule has 18 heavy (non-hydrogen) atoms. The van der Waals surface area contributed by atoms with Gasteiger partial charge in [-0.3, -0.25) is 4.79 Å². The molecule has 2 heterocycles. The van der Waals surface area contributed by atoms with Crippen LogP contribution in [0.15, 0.2) is 18.2 Å². The van der Waals surface area contributed by atoms with Crippen molar-refractivity contribution in [2.45, 2.75) is 44.4 Å². The van der Waals surface area contributed by atoms with Crippen molar-refractivity contribution in [1.82, 2.24) is 5.32 Å². The molecule has 3 rings (SSSR count). The Labute approximate surface area is 105 Å². The fraction of sp³-hybridized carbons (Fsp3) is 0.500. The number of fused-ring (bicyclic) bond motifs is 2. The number of hydrogen-bond donors (Lipinski definition) is 1. The summed E-state index contributed by atoms with van der Waals surface area (Å²) in [7, 11) is 0. The standard InChI is InChI=1S/C14H16FNO2/c1-8-2-4-11(15)10(6-8)14(17)16-12-7-9-3-5-13(12)18-9/h2,4,6,9,12-13H,3,5,7H2,1H3,(H,16,17). The van der Waals surface area contributed by atoms with E-state index in [0.717, 1.165) is 24.8 Å². The number of hydrogen-bond acceptors (Lipinski definition) is 2. The SMILES string of the molecule is Cc1ccc(F)c(C(=O)NC2CC3CCC2O3)c1. The quantitative estimate of drug-likeness (QED) is 0.872. The number of ether oxygens (including phenoxy) is 1. The van der Waals surface area contributed by atoms with Crippen LogP contribution in [0.1, 0.15) is 35.2 Å². The topological polar surface area (TPSA) is 38.3 Å². The van der Waals surface area contributed by atoms with Gasteiger partial charge in [0.2, 0.25) is 0 Å². The first kappa shape index (κ1) is 11.7. The predicted octanol–water partition coefficient (Wildman–Crippen LogP) is 2.18. The molecule has 2 aliphatic rings. The Balaban J connectivity index is 1.73. The highest BCUT2D eigenvalue weighted by Gasteiger charge is 2.41. The lowest BCUT2D eigenvalue weighted by molar-refractivity contribution is 0.0838. The maximum atomic E-state index is 13.6. The molecule has 3 unspecified atom stereocenters. The maximum Gasteiger partial charge on any atom is 0.254 e. The number of amides is 1. The number of nitrogens with one attached hydrogen (secondary N) is 1. The minimum absolute atomic E-state index is 0.0381. The van der Waals surface area contributed by atoms with Gasteiger partial charge in [-0.05, 0) is 38.3 Å². The highest BCUT2D eigenvalue weighted by molar-refractivity contribution is 5.94. The summed E-state index contributed by atoms with van der Waals surface area (Å²) in [6.45, 7) is 1.84. The zero-order valence-corrected chi connectivity index (χ0v) is 10.3. The van der Waals surface area contributed by atoms with Crippen molar-refractivity contribution in [3.8, 4) is 0 Å². The van der Waals surface area contributed by atoms with Gasteiger partial charge in [0.05, 0.1) is 23.8 Å². The third-order valence-corrected chi connectivity index (χ3v) is 3.79. The molecule has 96 valence electrons. The largest absolute Gasteiger partial charge is 0.373 e. The zero-order chi connectivity index (χ0) is 12.7. The lowest BCUT2D eigenvalue weighted by atomic mass is 9.95. The second kappa shape index (κ2) is 4.35. The summed E-state index contributed by atoms with van der Waals surface area (Å²) < 4.78 is 19.3. The molecule has 0 aromatic heterocycles. The Kier molecular flexibility index (Phi) is 2.82. The third-order valence-electron chi connectivity index (χ3n) is 3.79. The van der Waals surface area contributed by atoms with Crippen molar-refractivity contribution in [3.63, 3.8) is 0 Å². The molecule has 0 aliphatic carbocycles. The molecular formula is C14H16FNO2. The summed E-state index contributed by atoms with van der Waals surface area (Å²) in [5.41, 5.74) is 1.00. The van der Waals surface area contributed by atoms with E-state index >= 15 is 0 Å². The van der Waals surface area contributed by atoms with Gasteiger partial charge in [0.25, 0.3) is 5.91 Å². The molecule has 1 aromatic rings. The van der Waals surface area contributed by atoms with E-state index in [-0.39, 0.29) is 29.7 Å². The minimum atomic E-state index is -0.470. The van der Waals surface area contributed by atoms with Crippen LogP contribution in [-0.2, 0) is 4.74 Å². The second-order valence-corrected chi connectivity index (χ2v) is 5.17. The third kappa shape index (κ3) is 2.01. The number of carbonyl (C=O) groups excluding carboxylic acids is 1. The fourth-order valence-electron chi connectivity index (χ4n) is 2.85. The minimum Gasteiger partial charge on any atom is -0.373 e. The average molecular weight is 249 g/mol. The highest BCUT2D eigenvalue weighted by Crippen LogP contribution is 2.34. The molecule has 0 saturated carbocycles.